The summed E-state index contributed by atoms with van der Waals surface area (Å²) in [6, 6.07) is 11.3. The van der Waals surface area contributed by atoms with Crippen molar-refractivity contribution < 1.29 is 14.4 Å². The van der Waals surface area contributed by atoms with Crippen molar-refractivity contribution >= 4 is 51.6 Å². The third kappa shape index (κ3) is 4.83. The summed E-state index contributed by atoms with van der Waals surface area (Å²) in [4.78, 5) is 43.4. The minimum Gasteiger partial charge on any atom is -0.360 e. The number of aryl methyl sites for hydroxylation is 1. The molecule has 0 aliphatic carbocycles. The van der Waals surface area contributed by atoms with Crippen molar-refractivity contribution in [3.8, 4) is 0 Å². The maximum absolute atomic E-state index is 13.3. The summed E-state index contributed by atoms with van der Waals surface area (Å²) < 4.78 is 1.57. The first-order chi connectivity index (χ1) is 17.4. The van der Waals surface area contributed by atoms with E-state index < -0.39 is 17.9 Å². The first kappa shape index (κ1) is 23.6. The molecule has 3 amide bonds. The normalized spacial score (nSPS) is 14.6. The molecule has 1 saturated heterocycles. The number of fused-ring (bicyclic) bond motifs is 1. The Morgan fingerprint density at radius 2 is 1.94 bits per heavy atom. The molecule has 10 heteroatoms. The van der Waals surface area contributed by atoms with Gasteiger partial charge in [0.05, 0.1) is 11.2 Å². The molecule has 2 aromatic heterocycles. The molecule has 1 fully saturated rings. The lowest BCUT2D eigenvalue weighted by atomic mass is 10.1. The Morgan fingerprint density at radius 3 is 2.67 bits per heavy atom. The molecule has 4 aromatic rings. The van der Waals surface area contributed by atoms with Crippen LogP contribution >= 0.6 is 11.6 Å². The molecule has 5 rings (SSSR count). The number of benzene rings is 2. The van der Waals surface area contributed by atoms with Crippen LogP contribution in [-0.2, 0) is 16.6 Å². The fourth-order valence-corrected chi connectivity index (χ4v) is 4.57. The van der Waals surface area contributed by atoms with Crippen LogP contribution in [0, 0.1) is 0 Å². The maximum Gasteiger partial charge on any atom is 0.252 e. The number of aromatic amines is 1. The van der Waals surface area contributed by atoms with Gasteiger partial charge in [-0.2, -0.15) is 5.10 Å². The van der Waals surface area contributed by atoms with Gasteiger partial charge in [-0.15, -0.1) is 0 Å². The zero-order valence-corrected chi connectivity index (χ0v) is 20.4. The molecule has 3 N–H and O–H groups in total. The topological polar surface area (TPSA) is 112 Å². The maximum atomic E-state index is 13.3. The van der Waals surface area contributed by atoms with Crippen LogP contribution < -0.4 is 15.5 Å². The van der Waals surface area contributed by atoms with E-state index in [1.54, 1.807) is 65.6 Å². The van der Waals surface area contributed by atoms with E-state index in [2.05, 4.69) is 20.7 Å². The Labute approximate surface area is 212 Å². The van der Waals surface area contributed by atoms with Gasteiger partial charge >= 0.3 is 0 Å². The lowest BCUT2D eigenvalue weighted by molar-refractivity contribution is -0.119. The van der Waals surface area contributed by atoms with Crippen LogP contribution in [0.15, 0.2) is 61.1 Å². The number of anilines is 2. The van der Waals surface area contributed by atoms with Crippen LogP contribution in [0.5, 0.6) is 0 Å². The van der Waals surface area contributed by atoms with Crippen molar-refractivity contribution in [3.63, 3.8) is 0 Å². The van der Waals surface area contributed by atoms with E-state index in [-0.39, 0.29) is 5.91 Å². The van der Waals surface area contributed by atoms with Crippen LogP contribution in [0.4, 0.5) is 11.4 Å². The molecular weight excluding hydrogens is 480 g/mol. The number of hydrogen-bond acceptors (Lipinski definition) is 4. The second-order valence-electron chi connectivity index (χ2n) is 8.79. The number of aromatic nitrogens is 3. The van der Waals surface area contributed by atoms with E-state index in [0.29, 0.717) is 34.8 Å². The number of amides is 3. The van der Waals surface area contributed by atoms with E-state index >= 15 is 0 Å². The van der Waals surface area contributed by atoms with Gasteiger partial charge in [0.25, 0.3) is 11.8 Å². The number of carbonyl (C=O) groups excluding carboxylic acids is 3. The van der Waals surface area contributed by atoms with Gasteiger partial charge in [-0.25, -0.2) is 0 Å². The largest absolute Gasteiger partial charge is 0.360 e. The molecule has 36 heavy (non-hydrogen) atoms. The Morgan fingerprint density at radius 1 is 1.14 bits per heavy atom. The van der Waals surface area contributed by atoms with Gasteiger partial charge in [0, 0.05) is 65.8 Å². The predicted octanol–water partition coefficient (Wildman–Crippen LogP) is 4.18. The second kappa shape index (κ2) is 9.87. The van der Waals surface area contributed by atoms with Gasteiger partial charge in [-0.1, -0.05) is 17.7 Å². The summed E-state index contributed by atoms with van der Waals surface area (Å²) in [5.41, 5.74) is 3.01. The van der Waals surface area contributed by atoms with Crippen molar-refractivity contribution in [2.45, 2.75) is 25.3 Å². The summed E-state index contributed by atoms with van der Waals surface area (Å²) in [5, 5.41) is 11.2. The monoisotopic (exact) mass is 504 g/mol. The molecule has 1 aliphatic heterocycles. The molecule has 184 valence electrons. The lowest BCUT2D eigenvalue weighted by Gasteiger charge is -2.27. The van der Waals surface area contributed by atoms with Crippen molar-refractivity contribution in [2.24, 2.45) is 7.05 Å². The van der Waals surface area contributed by atoms with Crippen LogP contribution in [0.1, 0.15) is 41.2 Å². The number of hydrogen-bond donors (Lipinski definition) is 3. The fourth-order valence-electron chi connectivity index (χ4n) is 4.35. The van der Waals surface area contributed by atoms with Gasteiger partial charge in [0.2, 0.25) is 5.91 Å². The molecule has 0 radical (unpaired) electrons. The Kier molecular flexibility index (Phi) is 6.47. The van der Waals surface area contributed by atoms with E-state index in [9.17, 15) is 14.4 Å². The second-order valence-corrected chi connectivity index (χ2v) is 9.20. The van der Waals surface area contributed by atoms with Crippen LogP contribution in [0.3, 0.4) is 0 Å². The van der Waals surface area contributed by atoms with Crippen molar-refractivity contribution in [2.75, 3.05) is 16.8 Å². The molecule has 3 heterocycles. The average Bonchev–Trinajstić information content (AvgIpc) is 3.48. The van der Waals surface area contributed by atoms with Crippen LogP contribution in [-0.4, -0.2) is 39.0 Å². The van der Waals surface area contributed by atoms with Crippen molar-refractivity contribution in [1.82, 2.24) is 20.1 Å². The molecule has 1 atom stereocenters. The number of piperidine rings is 1. The highest BCUT2D eigenvalue weighted by molar-refractivity contribution is 6.35. The zero-order valence-electron chi connectivity index (χ0n) is 19.6. The number of carbonyl (C=O) groups is 3. The number of rotatable bonds is 6. The van der Waals surface area contributed by atoms with Gasteiger partial charge in [-0.05, 0) is 49.2 Å². The fraction of sp³-hybridized carbons (Fsp3) is 0.231. The molecule has 0 bridgehead atoms. The van der Waals surface area contributed by atoms with Gasteiger partial charge in [0.15, 0.2) is 0 Å². The summed E-state index contributed by atoms with van der Waals surface area (Å²) >= 11 is 6.14. The van der Waals surface area contributed by atoms with Gasteiger partial charge < -0.3 is 20.5 Å². The molecule has 9 nitrogen and oxygen atoms in total. The first-order valence-corrected chi connectivity index (χ1v) is 12.0. The van der Waals surface area contributed by atoms with Crippen molar-refractivity contribution in [3.05, 3.63) is 77.2 Å². The molecule has 0 spiro atoms. The van der Waals surface area contributed by atoms with Crippen molar-refractivity contribution in [1.29, 1.82) is 0 Å². The van der Waals surface area contributed by atoms with Gasteiger partial charge in [-0.3, -0.25) is 19.1 Å². The standard InChI is InChI=1S/C26H25ClN6O3/c1-32-15-17(13-29-32)24(31-25(35)16-5-10-20-21(27)14-28-22(20)12-16)26(36)30-18-6-8-19(9-7-18)33-11-3-2-4-23(33)34/h5-10,12-15,24,28H,2-4,11H2,1H3,(H,30,36)(H,31,35). The summed E-state index contributed by atoms with van der Waals surface area (Å²) in [6.07, 6.45) is 7.33. The third-order valence-electron chi connectivity index (χ3n) is 6.26. The summed E-state index contributed by atoms with van der Waals surface area (Å²) in [7, 11) is 1.74. The smallest absolute Gasteiger partial charge is 0.252 e. The summed E-state index contributed by atoms with van der Waals surface area (Å²) in [5.74, 6) is -0.718. The number of halogens is 1. The summed E-state index contributed by atoms with van der Waals surface area (Å²) in [6.45, 7) is 0.695. The Bertz CT molecular complexity index is 1440. The quantitative estimate of drug-likeness (QED) is 0.365. The lowest BCUT2D eigenvalue weighted by Crippen LogP contribution is -2.37. The zero-order chi connectivity index (χ0) is 25.2. The molecule has 1 unspecified atom stereocenters. The first-order valence-electron chi connectivity index (χ1n) is 11.7. The van der Waals surface area contributed by atoms with E-state index in [4.69, 9.17) is 11.6 Å². The number of nitrogens with one attached hydrogen (secondary N) is 3. The Balaban J connectivity index is 1.34. The predicted molar refractivity (Wildman–Crippen MR) is 138 cm³/mol. The van der Waals surface area contributed by atoms with E-state index in [1.807, 2.05) is 12.1 Å². The van der Waals surface area contributed by atoms with Gasteiger partial charge in [0.1, 0.15) is 6.04 Å². The highest BCUT2D eigenvalue weighted by Crippen LogP contribution is 2.25. The minimum absolute atomic E-state index is 0.109. The van der Waals surface area contributed by atoms with Crippen LogP contribution in [0.25, 0.3) is 10.9 Å². The SMILES string of the molecule is Cn1cc(C(NC(=O)c2ccc3c(Cl)c[nH]c3c2)C(=O)Nc2ccc(N3CCCCC3=O)cc2)cn1. The third-order valence-corrected chi connectivity index (χ3v) is 6.57. The highest BCUT2D eigenvalue weighted by Gasteiger charge is 2.26. The molecular formula is C26H25ClN6O3. The highest BCUT2D eigenvalue weighted by atomic mass is 35.5. The number of nitrogens with zero attached hydrogens (tertiary/aromatic N) is 3. The van der Waals surface area contributed by atoms with Crippen LogP contribution in [0.2, 0.25) is 5.02 Å². The molecule has 1 aliphatic rings. The van der Waals surface area contributed by atoms with E-state index in [1.165, 1.54) is 0 Å². The molecule has 0 saturated carbocycles. The minimum atomic E-state index is -0.975. The average molecular weight is 505 g/mol. The number of H-pyrrole nitrogens is 1. The Hall–Kier alpha value is -4.11. The molecule has 2 aromatic carbocycles. The van der Waals surface area contributed by atoms with E-state index in [0.717, 1.165) is 29.4 Å².